The van der Waals surface area contributed by atoms with Crippen molar-refractivity contribution in [2.45, 2.75) is 0 Å². The maximum atomic E-state index is 5.00. The number of nitrogens with zero attached hydrogens (tertiary/aromatic N) is 2. The SMILES string of the molecule is Cl.Cl.S=c1[nH]c2cc3cncnc3cc2[nH]1. The molecule has 1 aromatic carbocycles. The summed E-state index contributed by atoms with van der Waals surface area (Å²) >= 11 is 5.00. The number of hydrogen-bond acceptors (Lipinski definition) is 3. The first-order chi connectivity index (χ1) is 6.83. The lowest BCUT2D eigenvalue weighted by molar-refractivity contribution is 1.22. The van der Waals surface area contributed by atoms with Gasteiger partial charge in [0.15, 0.2) is 4.77 Å². The Hall–Kier alpha value is -1.17. The average molecular weight is 275 g/mol. The predicted molar refractivity (Wildman–Crippen MR) is 71.1 cm³/mol. The normalized spacial score (nSPS) is 9.75. The molecule has 0 aliphatic carbocycles. The van der Waals surface area contributed by atoms with E-state index in [4.69, 9.17) is 12.2 Å². The van der Waals surface area contributed by atoms with Gasteiger partial charge < -0.3 is 9.97 Å². The predicted octanol–water partition coefficient (Wildman–Crippen LogP) is 3.01. The molecule has 0 saturated carbocycles. The van der Waals surface area contributed by atoms with E-state index in [-0.39, 0.29) is 24.8 Å². The summed E-state index contributed by atoms with van der Waals surface area (Å²) in [7, 11) is 0. The van der Waals surface area contributed by atoms with Crippen LogP contribution >= 0.6 is 37.0 Å². The van der Waals surface area contributed by atoms with Gasteiger partial charge in [-0.3, -0.25) is 0 Å². The van der Waals surface area contributed by atoms with Crippen LogP contribution in [0.5, 0.6) is 0 Å². The van der Waals surface area contributed by atoms with Crippen LogP contribution in [-0.2, 0) is 0 Å². The van der Waals surface area contributed by atoms with Crippen LogP contribution in [0.15, 0.2) is 24.7 Å². The van der Waals surface area contributed by atoms with Gasteiger partial charge in [0.1, 0.15) is 6.33 Å². The molecule has 0 unspecified atom stereocenters. The number of H-pyrrole nitrogens is 2. The van der Waals surface area contributed by atoms with Gasteiger partial charge in [0, 0.05) is 11.6 Å². The van der Waals surface area contributed by atoms with Crippen LogP contribution in [0.2, 0.25) is 0 Å². The highest BCUT2D eigenvalue weighted by Crippen LogP contribution is 2.17. The number of aromatic amines is 2. The lowest BCUT2D eigenvalue weighted by Gasteiger charge is -1.94. The Morgan fingerprint density at radius 1 is 1.06 bits per heavy atom. The Morgan fingerprint density at radius 2 is 1.75 bits per heavy atom. The third kappa shape index (κ3) is 2.02. The Bertz CT molecular complexity index is 620. The van der Waals surface area contributed by atoms with Crippen molar-refractivity contribution >= 4 is 59.0 Å². The van der Waals surface area contributed by atoms with Gasteiger partial charge in [0.25, 0.3) is 0 Å². The number of hydrogen-bond donors (Lipinski definition) is 2. The fourth-order valence-electron chi connectivity index (χ4n) is 1.51. The summed E-state index contributed by atoms with van der Waals surface area (Å²) in [6.07, 6.45) is 3.32. The summed E-state index contributed by atoms with van der Waals surface area (Å²) in [6, 6.07) is 3.94. The summed E-state index contributed by atoms with van der Waals surface area (Å²) in [5.74, 6) is 0. The molecule has 84 valence electrons. The smallest absolute Gasteiger partial charge is 0.175 e. The van der Waals surface area contributed by atoms with E-state index < -0.39 is 0 Å². The molecule has 0 amide bonds. The van der Waals surface area contributed by atoms with Crippen LogP contribution in [0.1, 0.15) is 0 Å². The molecule has 2 heterocycles. The van der Waals surface area contributed by atoms with Crippen molar-refractivity contribution in [2.24, 2.45) is 0 Å². The fraction of sp³-hybridized carbons (Fsp3) is 0. The standard InChI is InChI=1S/C9H6N4S.2ClH/c14-9-12-7-1-5-3-10-4-11-6(5)2-8(7)13-9;;/h1-4H,(H2,12,13,14);2*1H. The molecule has 16 heavy (non-hydrogen) atoms. The number of benzene rings is 1. The van der Waals surface area contributed by atoms with E-state index in [2.05, 4.69) is 19.9 Å². The van der Waals surface area contributed by atoms with Gasteiger partial charge in [-0.15, -0.1) is 24.8 Å². The quantitative estimate of drug-likeness (QED) is 0.620. The van der Waals surface area contributed by atoms with Crippen LogP contribution in [-0.4, -0.2) is 19.9 Å². The Morgan fingerprint density at radius 3 is 2.50 bits per heavy atom. The van der Waals surface area contributed by atoms with Crippen molar-refractivity contribution in [3.05, 3.63) is 29.4 Å². The van der Waals surface area contributed by atoms with Crippen LogP contribution in [0, 0.1) is 4.77 Å². The third-order valence-electron chi connectivity index (χ3n) is 2.14. The number of nitrogens with one attached hydrogen (secondary N) is 2. The first-order valence-corrected chi connectivity index (χ1v) is 4.55. The van der Waals surface area contributed by atoms with E-state index in [1.807, 2.05) is 12.1 Å². The van der Waals surface area contributed by atoms with Gasteiger partial charge >= 0.3 is 0 Å². The highest BCUT2D eigenvalue weighted by atomic mass is 35.5. The zero-order valence-electron chi connectivity index (χ0n) is 7.93. The molecule has 3 rings (SSSR count). The minimum atomic E-state index is 0. The maximum absolute atomic E-state index is 5.00. The van der Waals surface area contributed by atoms with Crippen molar-refractivity contribution in [3.8, 4) is 0 Å². The largest absolute Gasteiger partial charge is 0.331 e. The molecular weight excluding hydrogens is 267 g/mol. The summed E-state index contributed by atoms with van der Waals surface area (Å²) in [4.78, 5) is 14.2. The van der Waals surface area contributed by atoms with Gasteiger partial charge in [-0.25, -0.2) is 9.97 Å². The van der Waals surface area contributed by atoms with Gasteiger partial charge in [0.05, 0.1) is 16.6 Å². The van der Waals surface area contributed by atoms with Crippen molar-refractivity contribution in [2.75, 3.05) is 0 Å². The highest BCUT2D eigenvalue weighted by Gasteiger charge is 1.99. The Labute approximate surface area is 108 Å². The minimum absolute atomic E-state index is 0. The first kappa shape index (κ1) is 12.9. The zero-order chi connectivity index (χ0) is 9.54. The maximum Gasteiger partial charge on any atom is 0.175 e. The second-order valence-corrected chi connectivity index (χ2v) is 3.47. The summed E-state index contributed by atoms with van der Waals surface area (Å²) in [5.41, 5.74) is 2.87. The molecule has 2 aromatic heterocycles. The molecule has 0 atom stereocenters. The minimum Gasteiger partial charge on any atom is -0.331 e. The molecule has 0 spiro atoms. The molecule has 4 nitrogen and oxygen atoms in total. The van der Waals surface area contributed by atoms with Crippen LogP contribution in [0.3, 0.4) is 0 Å². The van der Waals surface area contributed by atoms with E-state index in [0.717, 1.165) is 21.9 Å². The Balaban J connectivity index is 0.000000640. The molecule has 0 bridgehead atoms. The number of rotatable bonds is 0. The second-order valence-electron chi connectivity index (χ2n) is 3.06. The average Bonchev–Trinajstić information content (AvgIpc) is 2.53. The first-order valence-electron chi connectivity index (χ1n) is 4.15. The summed E-state index contributed by atoms with van der Waals surface area (Å²) in [6.45, 7) is 0. The van der Waals surface area contributed by atoms with Crippen molar-refractivity contribution in [3.63, 3.8) is 0 Å². The van der Waals surface area contributed by atoms with Crippen LogP contribution < -0.4 is 0 Å². The second kappa shape index (κ2) is 4.78. The van der Waals surface area contributed by atoms with Crippen molar-refractivity contribution in [1.29, 1.82) is 0 Å². The van der Waals surface area contributed by atoms with Gasteiger partial charge in [-0.2, -0.15) is 0 Å². The third-order valence-corrected chi connectivity index (χ3v) is 2.34. The molecule has 3 aromatic rings. The van der Waals surface area contributed by atoms with Crippen molar-refractivity contribution < 1.29 is 0 Å². The van der Waals surface area contributed by atoms with E-state index in [1.165, 1.54) is 6.33 Å². The molecule has 2 N–H and O–H groups in total. The van der Waals surface area contributed by atoms with E-state index in [1.54, 1.807) is 6.20 Å². The summed E-state index contributed by atoms with van der Waals surface area (Å²) in [5, 5.41) is 1.00. The molecule has 7 heteroatoms. The van der Waals surface area contributed by atoms with Gasteiger partial charge in [-0.05, 0) is 24.4 Å². The highest BCUT2D eigenvalue weighted by molar-refractivity contribution is 7.71. The van der Waals surface area contributed by atoms with Crippen molar-refractivity contribution in [1.82, 2.24) is 19.9 Å². The molecule has 0 radical (unpaired) electrons. The molecule has 0 aliphatic rings. The number of fused-ring (bicyclic) bond motifs is 2. The van der Waals surface area contributed by atoms with Crippen LogP contribution in [0.25, 0.3) is 21.9 Å². The van der Waals surface area contributed by atoms with E-state index >= 15 is 0 Å². The fourth-order valence-corrected chi connectivity index (χ4v) is 1.73. The number of imidazole rings is 1. The lowest BCUT2D eigenvalue weighted by atomic mass is 10.2. The topological polar surface area (TPSA) is 57.4 Å². The number of halogens is 2. The Kier molecular flexibility index (Phi) is 3.85. The van der Waals surface area contributed by atoms with Gasteiger partial charge in [-0.1, -0.05) is 0 Å². The molecule has 0 fully saturated rings. The number of aromatic nitrogens is 4. The van der Waals surface area contributed by atoms with Gasteiger partial charge in [0.2, 0.25) is 0 Å². The van der Waals surface area contributed by atoms with E-state index in [0.29, 0.717) is 4.77 Å². The lowest BCUT2D eigenvalue weighted by Crippen LogP contribution is -1.80. The summed E-state index contributed by atoms with van der Waals surface area (Å²) < 4.78 is 0.628. The molecular formula is C9H8Cl2N4S. The van der Waals surface area contributed by atoms with E-state index in [9.17, 15) is 0 Å². The molecule has 0 saturated heterocycles. The molecule has 0 aliphatic heterocycles. The van der Waals surface area contributed by atoms with Crippen LogP contribution in [0.4, 0.5) is 0 Å². The zero-order valence-corrected chi connectivity index (χ0v) is 10.4. The monoisotopic (exact) mass is 274 g/mol.